The topological polar surface area (TPSA) is 96.5 Å². The van der Waals surface area contributed by atoms with E-state index in [4.69, 9.17) is 0 Å². The number of nitrogens with zero attached hydrogens (tertiary/aromatic N) is 4. The molecule has 3 aromatic rings. The first-order valence-corrected chi connectivity index (χ1v) is 9.55. The molecule has 0 atom stereocenters. The van der Waals surface area contributed by atoms with Gasteiger partial charge in [-0.05, 0) is 42.2 Å². The highest BCUT2D eigenvalue weighted by Crippen LogP contribution is 2.36. The van der Waals surface area contributed by atoms with Gasteiger partial charge in [0.05, 0.1) is 5.69 Å². The van der Waals surface area contributed by atoms with Crippen LogP contribution in [0.25, 0.3) is 6.08 Å². The number of rotatable bonds is 4. The van der Waals surface area contributed by atoms with Gasteiger partial charge < -0.3 is 5.32 Å². The number of halogens is 1. The number of tetrazole rings is 1. The fourth-order valence-electron chi connectivity index (χ4n) is 2.64. The first-order valence-electron chi connectivity index (χ1n) is 8.67. The van der Waals surface area contributed by atoms with Crippen molar-refractivity contribution in [3.8, 4) is 11.8 Å². The van der Waals surface area contributed by atoms with Gasteiger partial charge in [-0.25, -0.2) is 9.37 Å². The molecule has 1 amide bonds. The predicted molar refractivity (Wildman–Crippen MR) is 103 cm³/mol. The molecule has 1 aromatic carbocycles. The van der Waals surface area contributed by atoms with Crippen LogP contribution in [-0.4, -0.2) is 31.5 Å². The number of thiazole rings is 1. The van der Waals surface area contributed by atoms with E-state index in [1.54, 1.807) is 18.2 Å². The van der Waals surface area contributed by atoms with Crippen LogP contribution in [0, 0.1) is 11.8 Å². The summed E-state index contributed by atoms with van der Waals surface area (Å²) in [6.45, 7) is 0. The number of hydrogen-bond acceptors (Lipinski definition) is 6. The summed E-state index contributed by atoms with van der Waals surface area (Å²) in [5, 5.41) is 17.9. The van der Waals surface area contributed by atoms with Gasteiger partial charge in [0, 0.05) is 28.6 Å². The second kappa shape index (κ2) is 8.10. The lowest BCUT2D eigenvalue weighted by atomic mass is 9.83. The van der Waals surface area contributed by atoms with Gasteiger partial charge in [0.1, 0.15) is 0 Å². The second-order valence-corrected chi connectivity index (χ2v) is 7.11. The maximum absolute atomic E-state index is 13.9. The molecule has 4 rings (SSSR count). The number of carbonyl (C=O) groups excluding carboxylic acids is 1. The maximum atomic E-state index is 13.9. The van der Waals surface area contributed by atoms with Crippen molar-refractivity contribution in [3.63, 3.8) is 0 Å². The molecule has 0 spiro atoms. The molecule has 1 aliphatic rings. The highest BCUT2D eigenvalue weighted by atomic mass is 32.1. The van der Waals surface area contributed by atoms with E-state index in [1.807, 2.05) is 6.07 Å². The molecule has 140 valence electrons. The van der Waals surface area contributed by atoms with Gasteiger partial charge in [-0.1, -0.05) is 18.4 Å². The molecular weight excluding hydrogens is 379 g/mol. The SMILES string of the molecule is O=C(Nc1cccc(C#Cc2nc(C3CCC3)cs2)c1)/C(F)=C/c1nn[nH]n1. The first-order chi connectivity index (χ1) is 13.7. The Labute approximate surface area is 164 Å². The molecule has 2 heterocycles. The Morgan fingerprint density at radius 1 is 1.36 bits per heavy atom. The number of anilines is 1. The van der Waals surface area contributed by atoms with Gasteiger partial charge in [-0.15, -0.1) is 21.5 Å². The normalized spacial score (nSPS) is 14.1. The Hall–Kier alpha value is -3.38. The zero-order valence-corrected chi connectivity index (χ0v) is 15.5. The fraction of sp³-hybridized carbons (Fsp3) is 0.211. The molecule has 7 nitrogen and oxygen atoms in total. The summed E-state index contributed by atoms with van der Waals surface area (Å²) < 4.78 is 13.9. The van der Waals surface area contributed by atoms with Crippen molar-refractivity contribution in [2.24, 2.45) is 0 Å². The number of amides is 1. The number of aromatic amines is 1. The first kappa shape index (κ1) is 18.0. The molecule has 0 unspecified atom stereocenters. The summed E-state index contributed by atoms with van der Waals surface area (Å²) in [6.07, 6.45) is 4.57. The van der Waals surface area contributed by atoms with Crippen LogP contribution >= 0.6 is 11.3 Å². The summed E-state index contributed by atoms with van der Waals surface area (Å²) in [4.78, 5) is 16.5. The number of nitrogens with one attached hydrogen (secondary N) is 2. The minimum Gasteiger partial charge on any atom is -0.320 e. The number of aromatic nitrogens is 5. The standard InChI is InChI=1S/C19H15FN6OS/c20-15(10-17-23-25-26-24-17)19(27)21-14-6-1-3-12(9-14)7-8-18-22-16(11-28-18)13-4-2-5-13/h1,3,6,9-11,13H,2,4-5H2,(H,21,27)(H,23,24,25,26)/b15-10-. The number of benzene rings is 1. The van der Waals surface area contributed by atoms with E-state index >= 15 is 0 Å². The van der Waals surface area contributed by atoms with Crippen LogP contribution in [0.15, 0.2) is 35.5 Å². The molecule has 0 bridgehead atoms. The third-order valence-electron chi connectivity index (χ3n) is 4.31. The third-order valence-corrected chi connectivity index (χ3v) is 5.09. The molecule has 2 aromatic heterocycles. The van der Waals surface area contributed by atoms with Crippen molar-refractivity contribution in [3.05, 3.63) is 57.6 Å². The van der Waals surface area contributed by atoms with Crippen molar-refractivity contribution in [2.45, 2.75) is 25.2 Å². The number of hydrogen-bond donors (Lipinski definition) is 2. The molecule has 0 saturated heterocycles. The fourth-order valence-corrected chi connectivity index (χ4v) is 3.38. The Kier molecular flexibility index (Phi) is 5.21. The summed E-state index contributed by atoms with van der Waals surface area (Å²) in [7, 11) is 0. The number of carbonyl (C=O) groups is 1. The van der Waals surface area contributed by atoms with Crippen molar-refractivity contribution in [2.75, 3.05) is 5.32 Å². The van der Waals surface area contributed by atoms with Crippen LogP contribution < -0.4 is 5.32 Å². The smallest absolute Gasteiger partial charge is 0.284 e. The zero-order valence-electron chi connectivity index (χ0n) is 14.6. The lowest BCUT2D eigenvalue weighted by Crippen LogP contribution is -2.12. The van der Waals surface area contributed by atoms with E-state index in [0.29, 0.717) is 17.2 Å². The minimum atomic E-state index is -1.02. The molecule has 28 heavy (non-hydrogen) atoms. The van der Waals surface area contributed by atoms with E-state index in [2.05, 4.69) is 48.1 Å². The quantitative estimate of drug-likeness (QED) is 0.523. The molecule has 0 radical (unpaired) electrons. The molecule has 9 heteroatoms. The van der Waals surface area contributed by atoms with E-state index < -0.39 is 11.7 Å². The van der Waals surface area contributed by atoms with E-state index in [-0.39, 0.29) is 5.82 Å². The average molecular weight is 394 g/mol. The van der Waals surface area contributed by atoms with E-state index in [1.165, 1.54) is 30.6 Å². The van der Waals surface area contributed by atoms with Crippen LogP contribution in [0.5, 0.6) is 0 Å². The monoisotopic (exact) mass is 394 g/mol. The lowest BCUT2D eigenvalue weighted by molar-refractivity contribution is -0.114. The van der Waals surface area contributed by atoms with E-state index in [9.17, 15) is 9.18 Å². The van der Waals surface area contributed by atoms with Crippen molar-refractivity contribution in [1.29, 1.82) is 0 Å². The largest absolute Gasteiger partial charge is 0.320 e. The Morgan fingerprint density at radius 3 is 3.00 bits per heavy atom. The van der Waals surface area contributed by atoms with Gasteiger partial charge in [-0.3, -0.25) is 4.79 Å². The van der Waals surface area contributed by atoms with Crippen molar-refractivity contribution in [1.82, 2.24) is 25.6 Å². The molecule has 1 saturated carbocycles. The third kappa shape index (κ3) is 4.29. The Bertz CT molecular complexity index is 1080. The summed E-state index contributed by atoms with van der Waals surface area (Å²) in [6, 6.07) is 6.88. The van der Waals surface area contributed by atoms with Gasteiger partial charge in [-0.2, -0.15) is 5.21 Å². The highest BCUT2D eigenvalue weighted by Gasteiger charge is 2.21. The van der Waals surface area contributed by atoms with Crippen LogP contribution in [0.2, 0.25) is 0 Å². The molecule has 1 fully saturated rings. The number of H-pyrrole nitrogens is 1. The lowest BCUT2D eigenvalue weighted by Gasteiger charge is -2.22. The summed E-state index contributed by atoms with van der Waals surface area (Å²) >= 11 is 1.54. The average Bonchev–Trinajstić information content (AvgIpc) is 3.31. The van der Waals surface area contributed by atoms with Crippen molar-refractivity contribution >= 4 is 29.0 Å². The van der Waals surface area contributed by atoms with Crippen LogP contribution in [0.1, 0.15) is 47.3 Å². The van der Waals surface area contributed by atoms with Gasteiger partial charge in [0.15, 0.2) is 10.8 Å². The molecule has 0 aliphatic heterocycles. The molecule has 2 N–H and O–H groups in total. The predicted octanol–water partition coefficient (Wildman–Crippen LogP) is 3.27. The minimum absolute atomic E-state index is 0.0167. The zero-order chi connectivity index (χ0) is 19.3. The van der Waals surface area contributed by atoms with Crippen molar-refractivity contribution < 1.29 is 9.18 Å². The van der Waals surface area contributed by atoms with Gasteiger partial charge in [0.25, 0.3) is 5.91 Å². The second-order valence-electron chi connectivity index (χ2n) is 6.25. The van der Waals surface area contributed by atoms with Crippen LogP contribution in [0.4, 0.5) is 10.1 Å². The Balaban J connectivity index is 1.43. The van der Waals surface area contributed by atoms with Gasteiger partial charge >= 0.3 is 0 Å². The highest BCUT2D eigenvalue weighted by molar-refractivity contribution is 7.10. The van der Waals surface area contributed by atoms with E-state index in [0.717, 1.165) is 16.8 Å². The maximum Gasteiger partial charge on any atom is 0.284 e. The molecular formula is C19H15FN6OS. The van der Waals surface area contributed by atoms with Crippen LogP contribution in [-0.2, 0) is 4.79 Å². The summed E-state index contributed by atoms with van der Waals surface area (Å²) in [5.74, 6) is 4.72. The molecule has 1 aliphatic carbocycles. The van der Waals surface area contributed by atoms with Gasteiger partial charge in [0.2, 0.25) is 5.82 Å². The van der Waals surface area contributed by atoms with Crippen LogP contribution in [0.3, 0.4) is 0 Å². The Morgan fingerprint density at radius 2 is 2.25 bits per heavy atom. The summed E-state index contributed by atoms with van der Waals surface area (Å²) in [5.41, 5.74) is 2.26.